The standard InChI is InChI=1S/C13H14N4O2/c1-17-8-9(6-15-17)16-13(18)12-7-14-10-4-2-3-5-11(10)19-12/h2-6,8,12,14H,7H2,1H3,(H,16,18). The van der Waals surface area contributed by atoms with Gasteiger partial charge >= 0.3 is 0 Å². The first-order chi connectivity index (χ1) is 9.22. The van der Waals surface area contributed by atoms with Crippen molar-refractivity contribution in [2.24, 2.45) is 7.05 Å². The fourth-order valence-electron chi connectivity index (χ4n) is 1.97. The Morgan fingerprint density at radius 1 is 1.53 bits per heavy atom. The third kappa shape index (κ3) is 2.37. The first-order valence-corrected chi connectivity index (χ1v) is 6.01. The topological polar surface area (TPSA) is 68.2 Å². The second-order valence-electron chi connectivity index (χ2n) is 4.38. The number of hydrogen-bond acceptors (Lipinski definition) is 4. The van der Waals surface area contributed by atoms with Crippen LogP contribution in [0.2, 0.25) is 0 Å². The summed E-state index contributed by atoms with van der Waals surface area (Å²) in [5.74, 6) is 0.509. The molecule has 0 spiro atoms. The normalized spacial score (nSPS) is 17.0. The Bertz CT molecular complexity index is 608. The van der Waals surface area contributed by atoms with Crippen LogP contribution in [0.15, 0.2) is 36.7 Å². The lowest BCUT2D eigenvalue weighted by Crippen LogP contribution is -2.41. The minimum absolute atomic E-state index is 0.185. The zero-order valence-electron chi connectivity index (χ0n) is 10.5. The molecule has 2 aromatic rings. The molecule has 0 fully saturated rings. The van der Waals surface area contributed by atoms with Gasteiger partial charge in [-0.2, -0.15) is 5.10 Å². The summed E-state index contributed by atoms with van der Waals surface area (Å²) < 4.78 is 7.30. The number of carbonyl (C=O) groups is 1. The number of nitrogens with zero attached hydrogens (tertiary/aromatic N) is 2. The van der Waals surface area contributed by atoms with E-state index in [9.17, 15) is 4.79 Å². The molecule has 0 bridgehead atoms. The molecule has 1 amide bonds. The van der Waals surface area contributed by atoms with E-state index in [1.165, 1.54) is 0 Å². The molecule has 1 atom stereocenters. The minimum atomic E-state index is -0.546. The highest BCUT2D eigenvalue weighted by atomic mass is 16.5. The van der Waals surface area contributed by atoms with E-state index in [0.717, 1.165) is 5.69 Å². The van der Waals surface area contributed by atoms with Crippen molar-refractivity contribution < 1.29 is 9.53 Å². The molecule has 3 rings (SSSR count). The predicted molar refractivity (Wildman–Crippen MR) is 71.2 cm³/mol. The summed E-state index contributed by atoms with van der Waals surface area (Å²) >= 11 is 0. The number of nitrogens with one attached hydrogen (secondary N) is 2. The molecule has 1 aliphatic heterocycles. The highest BCUT2D eigenvalue weighted by molar-refractivity contribution is 5.95. The number of rotatable bonds is 2. The van der Waals surface area contributed by atoms with E-state index in [-0.39, 0.29) is 5.91 Å². The van der Waals surface area contributed by atoms with Gasteiger partial charge in [0.15, 0.2) is 6.10 Å². The SMILES string of the molecule is Cn1cc(NC(=O)C2CNc3ccccc3O2)cn1. The summed E-state index contributed by atoms with van der Waals surface area (Å²) in [6.45, 7) is 0.448. The number of para-hydroxylation sites is 2. The number of aromatic nitrogens is 2. The molecule has 0 aliphatic carbocycles. The Morgan fingerprint density at radius 2 is 2.37 bits per heavy atom. The van der Waals surface area contributed by atoms with Crippen LogP contribution in [0, 0.1) is 0 Å². The van der Waals surface area contributed by atoms with Crippen LogP contribution in [0.5, 0.6) is 5.75 Å². The lowest BCUT2D eigenvalue weighted by atomic mass is 10.2. The van der Waals surface area contributed by atoms with Crippen molar-refractivity contribution in [1.82, 2.24) is 9.78 Å². The zero-order valence-corrected chi connectivity index (χ0v) is 10.5. The van der Waals surface area contributed by atoms with Gasteiger partial charge in [-0.25, -0.2) is 0 Å². The van der Waals surface area contributed by atoms with Gasteiger partial charge in [0, 0.05) is 13.2 Å². The largest absolute Gasteiger partial charge is 0.477 e. The number of anilines is 2. The van der Waals surface area contributed by atoms with E-state index < -0.39 is 6.10 Å². The number of hydrogen-bond donors (Lipinski definition) is 2. The van der Waals surface area contributed by atoms with Crippen LogP contribution in [-0.4, -0.2) is 28.3 Å². The smallest absolute Gasteiger partial charge is 0.267 e. The third-order valence-corrected chi connectivity index (χ3v) is 2.90. The summed E-state index contributed by atoms with van der Waals surface area (Å²) in [5.41, 5.74) is 1.57. The fourth-order valence-corrected chi connectivity index (χ4v) is 1.97. The molecule has 0 saturated heterocycles. The fraction of sp³-hybridized carbons (Fsp3) is 0.231. The minimum Gasteiger partial charge on any atom is -0.477 e. The van der Waals surface area contributed by atoms with Crippen molar-refractivity contribution in [1.29, 1.82) is 0 Å². The third-order valence-electron chi connectivity index (χ3n) is 2.90. The van der Waals surface area contributed by atoms with Gasteiger partial charge in [0.25, 0.3) is 5.91 Å². The van der Waals surface area contributed by atoms with Crippen molar-refractivity contribution in [2.75, 3.05) is 17.2 Å². The maximum atomic E-state index is 12.1. The van der Waals surface area contributed by atoms with Crippen LogP contribution in [0.25, 0.3) is 0 Å². The summed E-state index contributed by atoms with van der Waals surface area (Å²) in [7, 11) is 1.80. The highest BCUT2D eigenvalue weighted by Crippen LogP contribution is 2.28. The summed E-state index contributed by atoms with van der Waals surface area (Å²) in [6.07, 6.45) is 2.79. The van der Waals surface area contributed by atoms with E-state index in [4.69, 9.17) is 4.74 Å². The quantitative estimate of drug-likeness (QED) is 0.850. The lowest BCUT2D eigenvalue weighted by Gasteiger charge is -2.26. The van der Waals surface area contributed by atoms with Crippen molar-refractivity contribution in [2.45, 2.75) is 6.10 Å². The summed E-state index contributed by atoms with van der Waals surface area (Å²) in [6, 6.07) is 7.56. The molecule has 2 N–H and O–H groups in total. The molecule has 19 heavy (non-hydrogen) atoms. The highest BCUT2D eigenvalue weighted by Gasteiger charge is 2.25. The number of fused-ring (bicyclic) bond motifs is 1. The van der Waals surface area contributed by atoms with Crippen LogP contribution in [0.4, 0.5) is 11.4 Å². The molecule has 1 aromatic carbocycles. The molecular weight excluding hydrogens is 244 g/mol. The number of carbonyl (C=O) groups excluding carboxylic acids is 1. The van der Waals surface area contributed by atoms with Gasteiger partial charge in [-0.15, -0.1) is 0 Å². The molecule has 6 heteroatoms. The molecule has 1 aliphatic rings. The number of benzene rings is 1. The van der Waals surface area contributed by atoms with E-state index >= 15 is 0 Å². The average molecular weight is 258 g/mol. The first-order valence-electron chi connectivity index (χ1n) is 6.01. The molecule has 6 nitrogen and oxygen atoms in total. The average Bonchev–Trinajstić information content (AvgIpc) is 2.83. The van der Waals surface area contributed by atoms with Gasteiger partial charge in [-0.05, 0) is 12.1 Å². The van der Waals surface area contributed by atoms with Crippen LogP contribution >= 0.6 is 0 Å². The monoisotopic (exact) mass is 258 g/mol. The van der Waals surface area contributed by atoms with E-state index in [0.29, 0.717) is 18.0 Å². The van der Waals surface area contributed by atoms with E-state index in [1.54, 1.807) is 24.1 Å². The van der Waals surface area contributed by atoms with Gasteiger partial charge in [0.05, 0.1) is 24.1 Å². The predicted octanol–water partition coefficient (Wildman–Crippen LogP) is 1.23. The molecule has 0 radical (unpaired) electrons. The van der Waals surface area contributed by atoms with Crippen LogP contribution < -0.4 is 15.4 Å². The van der Waals surface area contributed by atoms with Gasteiger partial charge in [-0.1, -0.05) is 12.1 Å². The van der Waals surface area contributed by atoms with E-state index in [2.05, 4.69) is 15.7 Å². The van der Waals surface area contributed by atoms with E-state index in [1.807, 2.05) is 24.3 Å². The summed E-state index contributed by atoms with van der Waals surface area (Å²) in [5, 5.41) is 9.95. The van der Waals surface area contributed by atoms with Crippen molar-refractivity contribution in [3.05, 3.63) is 36.7 Å². The number of ether oxygens (including phenoxy) is 1. The van der Waals surface area contributed by atoms with Crippen molar-refractivity contribution in [3.8, 4) is 5.75 Å². The zero-order chi connectivity index (χ0) is 13.2. The van der Waals surface area contributed by atoms with Gasteiger partial charge in [0.1, 0.15) is 5.75 Å². The summed E-state index contributed by atoms with van der Waals surface area (Å²) in [4.78, 5) is 12.1. The van der Waals surface area contributed by atoms with Crippen molar-refractivity contribution in [3.63, 3.8) is 0 Å². The molecule has 98 valence electrons. The Balaban J connectivity index is 1.69. The molecule has 0 saturated carbocycles. The maximum absolute atomic E-state index is 12.1. The molecular formula is C13H14N4O2. The Labute approximate surface area is 110 Å². The first kappa shape index (κ1) is 11.6. The maximum Gasteiger partial charge on any atom is 0.267 e. The van der Waals surface area contributed by atoms with Gasteiger partial charge in [0.2, 0.25) is 0 Å². The Morgan fingerprint density at radius 3 is 3.16 bits per heavy atom. The molecule has 1 unspecified atom stereocenters. The second kappa shape index (κ2) is 4.64. The van der Waals surface area contributed by atoms with Gasteiger partial charge in [-0.3, -0.25) is 9.48 Å². The van der Waals surface area contributed by atoms with Crippen LogP contribution in [-0.2, 0) is 11.8 Å². The Kier molecular flexibility index (Phi) is 2.83. The van der Waals surface area contributed by atoms with Crippen LogP contribution in [0.3, 0.4) is 0 Å². The molecule has 2 heterocycles. The lowest BCUT2D eigenvalue weighted by molar-refractivity contribution is -0.122. The van der Waals surface area contributed by atoms with Gasteiger partial charge < -0.3 is 15.4 Å². The second-order valence-corrected chi connectivity index (χ2v) is 4.38. The number of amides is 1. The Hall–Kier alpha value is -2.50. The van der Waals surface area contributed by atoms with Crippen molar-refractivity contribution >= 4 is 17.3 Å². The molecule has 1 aromatic heterocycles. The van der Waals surface area contributed by atoms with Crippen LogP contribution in [0.1, 0.15) is 0 Å². The number of aryl methyl sites for hydroxylation is 1.